The first-order valence-electron chi connectivity index (χ1n) is 10.3. The van der Waals surface area contributed by atoms with Crippen LogP contribution in [0, 0.1) is 6.92 Å². The van der Waals surface area contributed by atoms with Crippen molar-refractivity contribution in [3.63, 3.8) is 0 Å². The highest BCUT2D eigenvalue weighted by molar-refractivity contribution is 6.00. The molecule has 32 heavy (non-hydrogen) atoms. The molecule has 1 fully saturated rings. The van der Waals surface area contributed by atoms with Crippen molar-refractivity contribution in [2.45, 2.75) is 32.2 Å². The fraction of sp³-hybridized carbons (Fsp3) is 0.304. The molecule has 0 bridgehead atoms. The van der Waals surface area contributed by atoms with Gasteiger partial charge in [0.2, 0.25) is 11.8 Å². The summed E-state index contributed by atoms with van der Waals surface area (Å²) in [4.78, 5) is 49.3. The molecule has 1 heterocycles. The number of aryl methyl sites for hydroxylation is 1. The number of nitrogens with one attached hydrogen (secondary N) is 3. The smallest absolute Gasteiger partial charge is 0.323 e. The van der Waals surface area contributed by atoms with Crippen LogP contribution in [0.5, 0.6) is 0 Å². The summed E-state index contributed by atoms with van der Waals surface area (Å²) in [5.74, 6) is -1.77. The van der Waals surface area contributed by atoms with Gasteiger partial charge in [-0.1, -0.05) is 30.3 Å². The molecule has 1 unspecified atom stereocenters. The van der Waals surface area contributed by atoms with Crippen molar-refractivity contribution in [1.82, 2.24) is 10.2 Å². The molecular weight excluding hydrogens is 412 g/mol. The maximum absolute atomic E-state index is 12.7. The van der Waals surface area contributed by atoms with Crippen LogP contribution in [0.25, 0.3) is 0 Å². The van der Waals surface area contributed by atoms with Crippen molar-refractivity contribution in [1.29, 1.82) is 0 Å². The molecule has 2 aromatic rings. The zero-order valence-corrected chi connectivity index (χ0v) is 17.8. The Morgan fingerprint density at radius 1 is 1.03 bits per heavy atom. The summed E-state index contributed by atoms with van der Waals surface area (Å²) in [5.41, 5.74) is 3.00. The number of carbonyl (C=O) groups excluding carboxylic acids is 3. The number of anilines is 2. The normalized spacial score (nSPS) is 15.2. The van der Waals surface area contributed by atoms with Crippen LogP contribution in [0.1, 0.15) is 24.0 Å². The second-order valence-corrected chi connectivity index (χ2v) is 7.62. The Kier molecular flexibility index (Phi) is 7.43. The molecule has 1 saturated heterocycles. The van der Waals surface area contributed by atoms with Gasteiger partial charge in [-0.25, -0.2) is 4.79 Å². The zero-order chi connectivity index (χ0) is 23.1. The largest absolute Gasteiger partial charge is 0.480 e. The maximum atomic E-state index is 12.7. The second kappa shape index (κ2) is 10.4. The van der Waals surface area contributed by atoms with Crippen LogP contribution in [0.4, 0.5) is 16.2 Å². The third-order valence-electron chi connectivity index (χ3n) is 5.25. The summed E-state index contributed by atoms with van der Waals surface area (Å²) in [5, 5.41) is 16.6. The predicted molar refractivity (Wildman–Crippen MR) is 119 cm³/mol. The summed E-state index contributed by atoms with van der Waals surface area (Å²) in [6.45, 7) is 1.90. The van der Waals surface area contributed by atoms with E-state index in [0.29, 0.717) is 25.1 Å². The van der Waals surface area contributed by atoms with Crippen LogP contribution in [-0.2, 0) is 20.8 Å². The van der Waals surface area contributed by atoms with Gasteiger partial charge < -0.3 is 26.0 Å². The molecule has 4 N–H and O–H groups in total. The lowest BCUT2D eigenvalue weighted by molar-refractivity contribution is -0.140. The van der Waals surface area contributed by atoms with Gasteiger partial charge in [0.1, 0.15) is 12.6 Å². The first-order valence-corrected chi connectivity index (χ1v) is 10.3. The Balaban J connectivity index is 1.54. The summed E-state index contributed by atoms with van der Waals surface area (Å²) in [6, 6.07) is 13.4. The Hall–Kier alpha value is -3.88. The van der Waals surface area contributed by atoms with E-state index in [1.165, 1.54) is 4.90 Å². The Bertz CT molecular complexity index is 1010. The van der Waals surface area contributed by atoms with Gasteiger partial charge in [-0.2, -0.15) is 0 Å². The lowest BCUT2D eigenvalue weighted by atomic mass is 10.1. The summed E-state index contributed by atoms with van der Waals surface area (Å²) in [6.07, 6.45) is 1.31. The van der Waals surface area contributed by atoms with E-state index in [2.05, 4.69) is 16.0 Å². The summed E-state index contributed by atoms with van der Waals surface area (Å²) >= 11 is 0. The van der Waals surface area contributed by atoms with Gasteiger partial charge in [-0.15, -0.1) is 0 Å². The number of hydrogen-bond donors (Lipinski definition) is 4. The summed E-state index contributed by atoms with van der Waals surface area (Å²) < 4.78 is 0. The number of amides is 4. The van der Waals surface area contributed by atoms with E-state index in [0.717, 1.165) is 16.8 Å². The third kappa shape index (κ3) is 6.07. The quantitative estimate of drug-likeness (QED) is 0.528. The average molecular weight is 438 g/mol. The first kappa shape index (κ1) is 22.8. The van der Waals surface area contributed by atoms with Gasteiger partial charge in [0.15, 0.2) is 0 Å². The molecule has 168 valence electrons. The lowest BCUT2D eigenvalue weighted by Crippen LogP contribution is -2.47. The van der Waals surface area contributed by atoms with Crippen molar-refractivity contribution in [3.05, 3.63) is 59.7 Å². The molecule has 9 nitrogen and oxygen atoms in total. The molecule has 3 rings (SSSR count). The molecule has 9 heteroatoms. The first-order chi connectivity index (χ1) is 15.3. The number of aliphatic carboxylic acids is 1. The number of carbonyl (C=O) groups is 4. The monoisotopic (exact) mass is 438 g/mol. The van der Waals surface area contributed by atoms with Crippen LogP contribution in [-0.4, -0.2) is 53.0 Å². The van der Waals surface area contributed by atoms with Crippen LogP contribution in [0.15, 0.2) is 48.5 Å². The van der Waals surface area contributed by atoms with E-state index in [4.69, 9.17) is 5.11 Å². The van der Waals surface area contributed by atoms with Crippen LogP contribution in [0.2, 0.25) is 0 Å². The highest BCUT2D eigenvalue weighted by Gasteiger charge is 2.33. The molecule has 0 radical (unpaired) electrons. The summed E-state index contributed by atoms with van der Waals surface area (Å²) in [7, 11) is 0. The number of benzene rings is 2. The van der Waals surface area contributed by atoms with Crippen molar-refractivity contribution < 1.29 is 24.3 Å². The fourth-order valence-corrected chi connectivity index (χ4v) is 3.60. The molecule has 1 aliphatic heterocycles. The number of urea groups is 1. The van der Waals surface area contributed by atoms with Crippen LogP contribution >= 0.6 is 0 Å². The maximum Gasteiger partial charge on any atom is 0.323 e. The topological polar surface area (TPSA) is 128 Å². The molecule has 0 saturated carbocycles. The second-order valence-electron chi connectivity index (χ2n) is 7.62. The van der Waals surface area contributed by atoms with Crippen molar-refractivity contribution in [3.8, 4) is 0 Å². The number of likely N-dealkylation sites (tertiary alicyclic amines) is 1. The molecule has 0 spiro atoms. The Morgan fingerprint density at radius 3 is 2.44 bits per heavy atom. The highest BCUT2D eigenvalue weighted by Crippen LogP contribution is 2.20. The van der Waals surface area contributed by atoms with E-state index in [9.17, 15) is 19.2 Å². The fourth-order valence-electron chi connectivity index (χ4n) is 3.60. The van der Waals surface area contributed by atoms with Crippen molar-refractivity contribution in [2.24, 2.45) is 0 Å². The molecule has 0 aromatic heterocycles. The number of hydrogen-bond acceptors (Lipinski definition) is 4. The van der Waals surface area contributed by atoms with Gasteiger partial charge in [-0.3, -0.25) is 14.4 Å². The molecule has 0 aliphatic carbocycles. The van der Waals surface area contributed by atoms with E-state index in [1.54, 1.807) is 24.3 Å². The van der Waals surface area contributed by atoms with E-state index in [1.807, 2.05) is 31.2 Å². The number of carboxylic acids is 1. The van der Waals surface area contributed by atoms with E-state index in [-0.39, 0.29) is 18.4 Å². The van der Waals surface area contributed by atoms with Crippen LogP contribution in [0.3, 0.4) is 0 Å². The van der Waals surface area contributed by atoms with Crippen molar-refractivity contribution in [2.75, 3.05) is 23.7 Å². The molecule has 2 aromatic carbocycles. The van der Waals surface area contributed by atoms with Gasteiger partial charge in [0, 0.05) is 17.9 Å². The number of nitrogens with zero attached hydrogens (tertiary/aromatic N) is 1. The van der Waals surface area contributed by atoms with Gasteiger partial charge in [0.25, 0.3) is 0 Å². The number of carboxylic acid groups (broad SMARTS) is 1. The highest BCUT2D eigenvalue weighted by atomic mass is 16.4. The predicted octanol–water partition coefficient (Wildman–Crippen LogP) is 2.37. The SMILES string of the molecule is Cc1ccccc1NC(=O)Nc1ccc(CC(=O)N2CCCC2C(=O)NCC(=O)O)cc1. The lowest BCUT2D eigenvalue weighted by Gasteiger charge is -2.23. The van der Waals surface area contributed by atoms with E-state index >= 15 is 0 Å². The molecular formula is C23H26N4O5. The zero-order valence-electron chi connectivity index (χ0n) is 17.8. The Labute approximate surface area is 185 Å². The van der Waals surface area contributed by atoms with Crippen LogP contribution < -0.4 is 16.0 Å². The minimum Gasteiger partial charge on any atom is -0.480 e. The van der Waals surface area contributed by atoms with Crippen molar-refractivity contribution >= 4 is 35.2 Å². The minimum absolute atomic E-state index is 0.110. The standard InChI is InChI=1S/C23H26N4O5/c1-15-5-2-3-6-18(15)26-23(32)25-17-10-8-16(9-11-17)13-20(28)27-12-4-7-19(27)22(31)24-14-21(29)30/h2-3,5-6,8-11,19H,4,7,12-14H2,1H3,(H,24,31)(H,29,30)(H2,25,26,32). The number of para-hydroxylation sites is 1. The molecule has 1 atom stereocenters. The Morgan fingerprint density at radius 2 is 1.75 bits per heavy atom. The minimum atomic E-state index is -1.13. The third-order valence-corrected chi connectivity index (χ3v) is 5.25. The molecule has 4 amide bonds. The average Bonchev–Trinajstić information content (AvgIpc) is 3.25. The molecule has 1 aliphatic rings. The van der Waals surface area contributed by atoms with E-state index < -0.39 is 24.5 Å². The van der Waals surface area contributed by atoms with Gasteiger partial charge in [-0.05, 0) is 49.1 Å². The van der Waals surface area contributed by atoms with Gasteiger partial charge >= 0.3 is 12.0 Å². The van der Waals surface area contributed by atoms with Gasteiger partial charge in [0.05, 0.1) is 6.42 Å². The number of rotatable bonds is 7.